The zero-order valence-electron chi connectivity index (χ0n) is 17.9. The zero-order chi connectivity index (χ0) is 22.7. The molecule has 0 radical (unpaired) electrons. The van der Waals surface area contributed by atoms with E-state index < -0.39 is 23.3 Å². The van der Waals surface area contributed by atoms with Gasteiger partial charge in [-0.15, -0.1) is 0 Å². The number of carbonyl (C=O) groups is 2. The summed E-state index contributed by atoms with van der Waals surface area (Å²) < 4.78 is 50.1. The summed E-state index contributed by atoms with van der Waals surface area (Å²) in [7, 11) is 1.17. The number of likely N-dealkylation sites (tertiary alicyclic amines) is 1. The molecule has 1 amide bonds. The molecule has 1 N–H and O–H groups in total. The van der Waals surface area contributed by atoms with Gasteiger partial charge in [-0.3, -0.25) is 0 Å². The first-order valence-electron chi connectivity index (χ1n) is 9.84. The summed E-state index contributed by atoms with van der Waals surface area (Å²) in [5, 5.41) is 2.88. The van der Waals surface area contributed by atoms with Crippen LogP contribution in [0.3, 0.4) is 0 Å². The van der Waals surface area contributed by atoms with Gasteiger partial charge >= 0.3 is 18.2 Å². The van der Waals surface area contributed by atoms with Crippen molar-refractivity contribution in [2.24, 2.45) is 5.92 Å². The fourth-order valence-corrected chi connectivity index (χ4v) is 3.50. The predicted molar refractivity (Wildman–Crippen MR) is 106 cm³/mol. The van der Waals surface area contributed by atoms with Gasteiger partial charge in [-0.05, 0) is 64.7 Å². The van der Waals surface area contributed by atoms with E-state index in [0.29, 0.717) is 19.5 Å². The van der Waals surface area contributed by atoms with Crippen LogP contribution in [-0.4, -0.2) is 48.8 Å². The smallest absolute Gasteiger partial charge is 0.418 e. The van der Waals surface area contributed by atoms with Crippen molar-refractivity contribution in [2.45, 2.75) is 58.4 Å². The molecule has 6 nitrogen and oxygen atoms in total. The fourth-order valence-electron chi connectivity index (χ4n) is 3.50. The molecule has 0 spiro atoms. The molecular weight excluding hydrogens is 401 g/mol. The summed E-state index contributed by atoms with van der Waals surface area (Å²) in [5.74, 6) is -0.568. The largest absolute Gasteiger partial charge is 0.465 e. The minimum atomic E-state index is -4.56. The number of anilines is 1. The molecule has 0 bridgehead atoms. The molecule has 1 heterocycles. The van der Waals surface area contributed by atoms with Crippen molar-refractivity contribution < 1.29 is 32.2 Å². The highest BCUT2D eigenvalue weighted by Crippen LogP contribution is 2.36. The molecule has 168 valence electrons. The van der Waals surface area contributed by atoms with Gasteiger partial charge < -0.3 is 19.7 Å². The van der Waals surface area contributed by atoms with E-state index in [1.165, 1.54) is 7.11 Å². The van der Waals surface area contributed by atoms with Crippen LogP contribution in [0, 0.1) is 5.92 Å². The number of methoxy groups -OCH3 is 1. The van der Waals surface area contributed by atoms with Gasteiger partial charge in [0.1, 0.15) is 5.60 Å². The molecule has 0 aromatic heterocycles. The predicted octanol–water partition coefficient (Wildman–Crippen LogP) is 4.94. The third-order valence-corrected chi connectivity index (χ3v) is 4.77. The number of carbonyl (C=O) groups excluding carboxylic acids is 2. The molecule has 2 rings (SSSR count). The Hall–Kier alpha value is -2.45. The van der Waals surface area contributed by atoms with E-state index >= 15 is 0 Å². The van der Waals surface area contributed by atoms with Crippen LogP contribution in [-0.2, 0) is 15.7 Å². The average Bonchev–Trinajstić information content (AvgIpc) is 3.07. The minimum absolute atomic E-state index is 0.0390. The van der Waals surface area contributed by atoms with Crippen molar-refractivity contribution in [3.63, 3.8) is 0 Å². The Morgan fingerprint density at radius 2 is 1.93 bits per heavy atom. The van der Waals surface area contributed by atoms with Crippen LogP contribution < -0.4 is 5.32 Å². The molecule has 1 aliphatic rings. The summed E-state index contributed by atoms with van der Waals surface area (Å²) in [6, 6.07) is 2.83. The molecule has 1 aromatic rings. The lowest BCUT2D eigenvalue weighted by Crippen LogP contribution is -2.35. The third kappa shape index (κ3) is 6.53. The fraction of sp³-hybridized carbons (Fsp3) is 0.619. The van der Waals surface area contributed by atoms with Gasteiger partial charge in [0.15, 0.2) is 0 Å². The number of amides is 1. The maximum absolute atomic E-state index is 13.4. The second kappa shape index (κ2) is 9.14. The molecule has 1 aliphatic heterocycles. The Labute approximate surface area is 174 Å². The van der Waals surface area contributed by atoms with E-state index in [1.54, 1.807) is 32.6 Å². The van der Waals surface area contributed by atoms with Gasteiger partial charge in [0.25, 0.3) is 0 Å². The maximum Gasteiger partial charge on any atom is 0.418 e. The lowest BCUT2D eigenvalue weighted by molar-refractivity contribution is -0.137. The number of hydrogen-bond donors (Lipinski definition) is 1. The number of hydrogen-bond acceptors (Lipinski definition) is 5. The summed E-state index contributed by atoms with van der Waals surface area (Å²) in [4.78, 5) is 25.5. The number of esters is 1. The Morgan fingerprint density at radius 1 is 1.27 bits per heavy atom. The highest BCUT2D eigenvalue weighted by molar-refractivity contribution is 5.90. The quantitative estimate of drug-likeness (QED) is 0.671. The number of halogens is 3. The van der Waals surface area contributed by atoms with Crippen LogP contribution in [0.4, 0.5) is 23.7 Å². The molecular formula is C21H29F3N2O4. The standard InChI is InChI=1S/C21H29F3N2O4/c1-13(10-14-8-9-26(12-14)19(28)30-20(2,3)4)25-17-11-15(18(27)29-5)6-7-16(17)21(22,23)24/h6-7,11,13-14,25H,8-10,12H2,1-5H3/t13?,14-/m0/s1. The summed E-state index contributed by atoms with van der Waals surface area (Å²) >= 11 is 0. The first-order chi connectivity index (χ1) is 13.8. The van der Waals surface area contributed by atoms with Crippen molar-refractivity contribution in [1.29, 1.82) is 0 Å². The summed E-state index contributed by atoms with van der Waals surface area (Å²) in [6.07, 6.45) is -3.62. The highest BCUT2D eigenvalue weighted by atomic mass is 19.4. The van der Waals surface area contributed by atoms with Crippen LogP contribution in [0.5, 0.6) is 0 Å². The van der Waals surface area contributed by atoms with Crippen molar-refractivity contribution in [3.8, 4) is 0 Å². The van der Waals surface area contributed by atoms with Crippen LogP contribution >= 0.6 is 0 Å². The van der Waals surface area contributed by atoms with Crippen molar-refractivity contribution >= 4 is 17.7 Å². The lowest BCUT2D eigenvalue weighted by Gasteiger charge is -2.25. The second-order valence-electron chi connectivity index (χ2n) is 8.61. The van der Waals surface area contributed by atoms with Gasteiger partial charge in [0.05, 0.1) is 18.2 Å². The number of ether oxygens (including phenoxy) is 2. The first-order valence-corrected chi connectivity index (χ1v) is 9.84. The normalized spacial score (nSPS) is 18.1. The van der Waals surface area contributed by atoms with E-state index in [0.717, 1.165) is 24.6 Å². The van der Waals surface area contributed by atoms with E-state index in [1.807, 2.05) is 0 Å². The molecule has 1 fully saturated rings. The molecule has 1 unspecified atom stereocenters. The number of nitrogens with zero attached hydrogens (tertiary/aromatic N) is 1. The molecule has 9 heteroatoms. The monoisotopic (exact) mass is 430 g/mol. The van der Waals surface area contributed by atoms with Crippen LogP contribution in [0.15, 0.2) is 18.2 Å². The highest BCUT2D eigenvalue weighted by Gasteiger charge is 2.35. The minimum Gasteiger partial charge on any atom is -0.465 e. The van der Waals surface area contributed by atoms with E-state index in [9.17, 15) is 22.8 Å². The maximum atomic E-state index is 13.4. The molecule has 2 atom stereocenters. The molecule has 1 aromatic carbocycles. The number of alkyl halides is 3. The number of benzene rings is 1. The summed E-state index contributed by atoms with van der Waals surface area (Å²) in [5.41, 5.74) is -1.55. The lowest BCUT2D eigenvalue weighted by atomic mass is 9.99. The average molecular weight is 430 g/mol. The van der Waals surface area contributed by atoms with Crippen LogP contribution in [0.25, 0.3) is 0 Å². The Balaban J connectivity index is 2.05. The Bertz CT molecular complexity index is 774. The number of nitrogens with one attached hydrogen (secondary N) is 1. The molecule has 1 saturated heterocycles. The topological polar surface area (TPSA) is 67.9 Å². The second-order valence-corrected chi connectivity index (χ2v) is 8.61. The van der Waals surface area contributed by atoms with E-state index in [-0.39, 0.29) is 29.3 Å². The number of rotatable bonds is 5. The molecule has 30 heavy (non-hydrogen) atoms. The van der Waals surface area contributed by atoms with Crippen molar-refractivity contribution in [1.82, 2.24) is 4.90 Å². The van der Waals surface area contributed by atoms with Crippen LogP contribution in [0.1, 0.15) is 56.5 Å². The van der Waals surface area contributed by atoms with Gasteiger partial charge in [-0.2, -0.15) is 13.2 Å². The zero-order valence-corrected chi connectivity index (χ0v) is 17.9. The Kier molecular flexibility index (Phi) is 7.26. The van der Waals surface area contributed by atoms with Gasteiger partial charge in [-0.25, -0.2) is 9.59 Å². The SMILES string of the molecule is COC(=O)c1ccc(C(F)(F)F)c(NC(C)C[C@@H]2CCN(C(=O)OC(C)(C)C)C2)c1. The van der Waals surface area contributed by atoms with Crippen molar-refractivity contribution in [3.05, 3.63) is 29.3 Å². The van der Waals surface area contributed by atoms with Crippen molar-refractivity contribution in [2.75, 3.05) is 25.5 Å². The van der Waals surface area contributed by atoms with E-state index in [2.05, 4.69) is 10.1 Å². The third-order valence-electron chi connectivity index (χ3n) is 4.77. The van der Waals surface area contributed by atoms with Gasteiger partial charge in [-0.1, -0.05) is 0 Å². The van der Waals surface area contributed by atoms with E-state index in [4.69, 9.17) is 4.74 Å². The summed E-state index contributed by atoms with van der Waals surface area (Å²) in [6.45, 7) is 8.22. The van der Waals surface area contributed by atoms with Gasteiger partial charge in [0, 0.05) is 24.8 Å². The van der Waals surface area contributed by atoms with Gasteiger partial charge in [0.2, 0.25) is 0 Å². The Morgan fingerprint density at radius 3 is 2.50 bits per heavy atom. The molecule has 0 saturated carbocycles. The first kappa shape index (κ1) is 23.8. The molecule has 0 aliphatic carbocycles. The van der Waals surface area contributed by atoms with Crippen LogP contribution in [0.2, 0.25) is 0 Å².